The van der Waals surface area contributed by atoms with Gasteiger partial charge in [-0.3, -0.25) is 4.79 Å². The summed E-state index contributed by atoms with van der Waals surface area (Å²) >= 11 is 1.22. The number of nitrogens with one attached hydrogen (secondary N) is 1. The van der Waals surface area contributed by atoms with Crippen molar-refractivity contribution in [2.24, 2.45) is 4.99 Å². The number of aryl methyl sites for hydroxylation is 1. The first kappa shape index (κ1) is 15.5. The first-order valence-corrected chi connectivity index (χ1v) is 8.11. The number of para-hydroxylation sites is 1. The quantitative estimate of drug-likeness (QED) is 0.855. The van der Waals surface area contributed by atoms with Gasteiger partial charge in [-0.2, -0.15) is 0 Å². The van der Waals surface area contributed by atoms with Gasteiger partial charge in [-0.25, -0.2) is 9.38 Å². The standard InChI is InChI=1S/C18H15FN2OS/c1-2-12-7-4-6-10-15(12)20-18-21-17(22)16(23-18)11-13-8-3-5-9-14(13)19/h3-11H,2H2,1H3,(H,20,21,22). The molecule has 5 heteroatoms. The SMILES string of the molecule is CCc1ccccc1N=C1NC(=O)C(=Cc2ccccc2F)S1. The van der Waals surface area contributed by atoms with E-state index in [4.69, 9.17) is 0 Å². The molecule has 1 N–H and O–H groups in total. The molecule has 3 rings (SSSR count). The Hall–Kier alpha value is -2.40. The molecule has 0 atom stereocenters. The maximum absolute atomic E-state index is 13.7. The van der Waals surface area contributed by atoms with E-state index < -0.39 is 0 Å². The van der Waals surface area contributed by atoms with Crippen LogP contribution in [0.25, 0.3) is 6.08 Å². The minimum absolute atomic E-state index is 0.258. The lowest BCUT2D eigenvalue weighted by Crippen LogP contribution is -2.19. The summed E-state index contributed by atoms with van der Waals surface area (Å²) in [5.41, 5.74) is 2.34. The summed E-state index contributed by atoms with van der Waals surface area (Å²) in [6.07, 6.45) is 2.41. The van der Waals surface area contributed by atoms with Crippen molar-refractivity contribution in [3.8, 4) is 0 Å². The number of carbonyl (C=O) groups excluding carboxylic acids is 1. The van der Waals surface area contributed by atoms with E-state index in [0.29, 0.717) is 15.6 Å². The third-order valence-corrected chi connectivity index (χ3v) is 4.35. The number of nitrogens with zero attached hydrogens (tertiary/aromatic N) is 1. The van der Waals surface area contributed by atoms with Gasteiger partial charge >= 0.3 is 0 Å². The fourth-order valence-electron chi connectivity index (χ4n) is 2.24. The minimum Gasteiger partial charge on any atom is -0.300 e. The van der Waals surface area contributed by atoms with Crippen molar-refractivity contribution in [3.63, 3.8) is 0 Å². The maximum atomic E-state index is 13.7. The van der Waals surface area contributed by atoms with Gasteiger partial charge in [-0.05, 0) is 42.0 Å². The van der Waals surface area contributed by atoms with Crippen LogP contribution < -0.4 is 5.32 Å². The number of amides is 1. The van der Waals surface area contributed by atoms with Crippen molar-refractivity contribution in [2.75, 3.05) is 0 Å². The van der Waals surface area contributed by atoms with Gasteiger partial charge in [-0.15, -0.1) is 0 Å². The molecule has 0 radical (unpaired) electrons. The Morgan fingerprint density at radius 2 is 1.91 bits per heavy atom. The second kappa shape index (κ2) is 6.79. The fourth-order valence-corrected chi connectivity index (χ4v) is 3.07. The number of carbonyl (C=O) groups is 1. The summed E-state index contributed by atoms with van der Waals surface area (Å²) < 4.78 is 13.7. The summed E-state index contributed by atoms with van der Waals surface area (Å²) in [7, 11) is 0. The zero-order chi connectivity index (χ0) is 16.2. The number of benzene rings is 2. The molecular weight excluding hydrogens is 311 g/mol. The van der Waals surface area contributed by atoms with Gasteiger partial charge in [0, 0.05) is 5.56 Å². The third-order valence-electron chi connectivity index (χ3n) is 3.44. The summed E-state index contributed by atoms with van der Waals surface area (Å²) in [5, 5.41) is 3.24. The van der Waals surface area contributed by atoms with Crippen LogP contribution in [-0.2, 0) is 11.2 Å². The molecule has 1 saturated heterocycles. The summed E-state index contributed by atoms with van der Waals surface area (Å²) in [6.45, 7) is 2.06. The zero-order valence-corrected chi connectivity index (χ0v) is 13.4. The highest BCUT2D eigenvalue weighted by Crippen LogP contribution is 2.29. The predicted molar refractivity (Wildman–Crippen MR) is 93.0 cm³/mol. The van der Waals surface area contributed by atoms with Crippen molar-refractivity contribution >= 4 is 34.6 Å². The molecule has 0 saturated carbocycles. The van der Waals surface area contributed by atoms with E-state index in [1.165, 1.54) is 17.8 Å². The topological polar surface area (TPSA) is 41.5 Å². The molecule has 0 bridgehead atoms. The predicted octanol–water partition coefficient (Wildman–Crippen LogP) is 4.28. The van der Waals surface area contributed by atoms with Crippen LogP contribution in [0.3, 0.4) is 0 Å². The second-order valence-electron chi connectivity index (χ2n) is 4.99. The van der Waals surface area contributed by atoms with Crippen molar-refractivity contribution in [2.45, 2.75) is 13.3 Å². The molecule has 0 aliphatic carbocycles. The van der Waals surface area contributed by atoms with Crippen LogP contribution in [0.1, 0.15) is 18.1 Å². The van der Waals surface area contributed by atoms with E-state index in [2.05, 4.69) is 17.2 Å². The molecule has 116 valence electrons. The average molecular weight is 326 g/mol. The molecule has 1 aliphatic rings. The van der Waals surface area contributed by atoms with Gasteiger partial charge in [0.2, 0.25) is 0 Å². The molecule has 0 aromatic heterocycles. The summed E-state index contributed by atoms with van der Waals surface area (Å²) in [4.78, 5) is 17.0. The van der Waals surface area contributed by atoms with Gasteiger partial charge in [-0.1, -0.05) is 43.3 Å². The third kappa shape index (κ3) is 3.51. The smallest absolute Gasteiger partial charge is 0.264 e. The van der Waals surface area contributed by atoms with Crippen LogP contribution in [-0.4, -0.2) is 11.1 Å². The number of thioether (sulfide) groups is 1. The first-order valence-electron chi connectivity index (χ1n) is 7.29. The first-order chi connectivity index (χ1) is 11.2. The van der Waals surface area contributed by atoms with Crippen LogP contribution in [0.4, 0.5) is 10.1 Å². The Labute approximate surface area is 138 Å². The number of hydrogen-bond acceptors (Lipinski definition) is 3. The van der Waals surface area contributed by atoms with Crippen LogP contribution in [0, 0.1) is 5.82 Å². The Kier molecular flexibility index (Phi) is 4.57. The maximum Gasteiger partial charge on any atom is 0.264 e. The molecule has 1 heterocycles. The molecule has 1 amide bonds. The highest BCUT2D eigenvalue weighted by Gasteiger charge is 2.24. The zero-order valence-electron chi connectivity index (χ0n) is 12.5. The van der Waals surface area contributed by atoms with Crippen molar-refractivity contribution in [1.29, 1.82) is 0 Å². The van der Waals surface area contributed by atoms with Gasteiger partial charge in [0.15, 0.2) is 5.17 Å². The van der Waals surface area contributed by atoms with E-state index in [1.54, 1.807) is 24.3 Å². The van der Waals surface area contributed by atoms with E-state index >= 15 is 0 Å². The Morgan fingerprint density at radius 3 is 2.70 bits per heavy atom. The molecular formula is C18H15FN2OS. The summed E-state index contributed by atoms with van der Waals surface area (Å²) in [5.74, 6) is -0.610. The van der Waals surface area contributed by atoms with Gasteiger partial charge < -0.3 is 5.32 Å². The minimum atomic E-state index is -0.352. The Balaban J connectivity index is 1.88. The lowest BCUT2D eigenvalue weighted by atomic mass is 10.1. The van der Waals surface area contributed by atoms with E-state index in [-0.39, 0.29) is 11.7 Å². The van der Waals surface area contributed by atoms with Crippen molar-refractivity contribution < 1.29 is 9.18 Å². The molecule has 0 spiro atoms. The van der Waals surface area contributed by atoms with Crippen molar-refractivity contribution in [1.82, 2.24) is 5.32 Å². The molecule has 1 aliphatic heterocycles. The second-order valence-corrected chi connectivity index (χ2v) is 6.02. The van der Waals surface area contributed by atoms with Crippen LogP contribution in [0.15, 0.2) is 58.4 Å². The molecule has 23 heavy (non-hydrogen) atoms. The van der Waals surface area contributed by atoms with Gasteiger partial charge in [0.05, 0.1) is 10.6 Å². The highest BCUT2D eigenvalue weighted by molar-refractivity contribution is 8.18. The fraction of sp³-hybridized carbons (Fsp3) is 0.111. The lowest BCUT2D eigenvalue weighted by Gasteiger charge is -2.02. The Bertz CT molecular complexity index is 814. The number of aliphatic imine (C=N–C) groups is 1. The van der Waals surface area contributed by atoms with E-state index in [9.17, 15) is 9.18 Å². The molecule has 2 aromatic carbocycles. The van der Waals surface area contributed by atoms with Crippen LogP contribution in [0.5, 0.6) is 0 Å². The Morgan fingerprint density at radius 1 is 1.17 bits per heavy atom. The monoisotopic (exact) mass is 326 g/mol. The average Bonchev–Trinajstić information content (AvgIpc) is 2.89. The van der Waals surface area contributed by atoms with Crippen LogP contribution >= 0.6 is 11.8 Å². The number of hydrogen-bond donors (Lipinski definition) is 1. The summed E-state index contributed by atoms with van der Waals surface area (Å²) in [6, 6.07) is 14.2. The van der Waals surface area contributed by atoms with E-state index in [1.807, 2.05) is 24.3 Å². The van der Waals surface area contributed by atoms with Gasteiger partial charge in [0.25, 0.3) is 5.91 Å². The highest BCUT2D eigenvalue weighted by atomic mass is 32.2. The normalized spacial score (nSPS) is 17.7. The molecule has 3 nitrogen and oxygen atoms in total. The molecule has 2 aromatic rings. The largest absolute Gasteiger partial charge is 0.300 e. The van der Waals surface area contributed by atoms with Gasteiger partial charge in [0.1, 0.15) is 5.82 Å². The number of halogens is 1. The molecule has 0 unspecified atom stereocenters. The van der Waals surface area contributed by atoms with Crippen molar-refractivity contribution in [3.05, 3.63) is 70.4 Å². The number of rotatable bonds is 3. The van der Waals surface area contributed by atoms with E-state index in [0.717, 1.165) is 17.7 Å². The lowest BCUT2D eigenvalue weighted by molar-refractivity contribution is -0.115. The molecule has 1 fully saturated rings. The van der Waals surface area contributed by atoms with Crippen LogP contribution in [0.2, 0.25) is 0 Å². The number of amidine groups is 1.